The number of carbonyl (C=O) groups is 1. The first-order chi connectivity index (χ1) is 11.2. The molecule has 1 fully saturated rings. The second kappa shape index (κ2) is 6.82. The molecule has 1 unspecified atom stereocenters. The number of carbonyl (C=O) groups excluding carboxylic acids is 1. The van der Waals surface area contributed by atoms with Crippen molar-refractivity contribution in [3.05, 3.63) is 59.4 Å². The second-order valence-electron chi connectivity index (χ2n) is 6.04. The third-order valence-corrected chi connectivity index (χ3v) is 4.50. The maximum Gasteiger partial charge on any atom is 0.254 e. The second-order valence-corrected chi connectivity index (χ2v) is 6.04. The van der Waals surface area contributed by atoms with Crippen molar-refractivity contribution in [2.75, 3.05) is 13.7 Å². The summed E-state index contributed by atoms with van der Waals surface area (Å²) < 4.78 is 5.32. The fourth-order valence-electron chi connectivity index (χ4n) is 3.32. The number of hydrogen-bond donors (Lipinski definition) is 0. The van der Waals surface area contributed by atoms with Gasteiger partial charge in [-0.25, -0.2) is 0 Å². The standard InChI is InChI=1S/C19H22N2O2/c1-14-12-15(5-6-18(14)23-2)13-17-4-3-11-21(17)19(22)16-7-9-20-10-8-16/h5-10,12,17H,3-4,11,13H2,1-2H3. The van der Waals surface area contributed by atoms with Crippen LogP contribution >= 0.6 is 0 Å². The van der Waals surface area contributed by atoms with Crippen molar-refractivity contribution in [1.82, 2.24) is 9.88 Å². The highest BCUT2D eigenvalue weighted by atomic mass is 16.5. The van der Waals surface area contributed by atoms with Gasteiger partial charge in [0.2, 0.25) is 0 Å². The Labute approximate surface area is 137 Å². The quantitative estimate of drug-likeness (QED) is 0.870. The molecule has 1 aliphatic heterocycles. The Bertz CT molecular complexity index is 685. The molecule has 1 aromatic carbocycles. The molecule has 2 aromatic rings. The lowest BCUT2D eigenvalue weighted by atomic mass is 10.0. The minimum atomic E-state index is 0.111. The zero-order valence-corrected chi connectivity index (χ0v) is 13.7. The molecule has 0 radical (unpaired) electrons. The van der Waals surface area contributed by atoms with E-state index in [2.05, 4.69) is 24.0 Å². The molecule has 1 aliphatic rings. The predicted octanol–water partition coefficient (Wildman–Crippen LogP) is 3.25. The van der Waals surface area contributed by atoms with Gasteiger partial charge in [0.15, 0.2) is 0 Å². The number of aromatic nitrogens is 1. The average Bonchev–Trinajstić information content (AvgIpc) is 3.03. The van der Waals surface area contributed by atoms with Gasteiger partial charge in [-0.05, 0) is 55.5 Å². The van der Waals surface area contributed by atoms with Gasteiger partial charge in [0.1, 0.15) is 5.75 Å². The first-order valence-corrected chi connectivity index (χ1v) is 8.03. The number of likely N-dealkylation sites (tertiary alicyclic amines) is 1. The summed E-state index contributed by atoms with van der Waals surface area (Å²) in [6, 6.07) is 10.1. The van der Waals surface area contributed by atoms with E-state index in [0.29, 0.717) is 0 Å². The van der Waals surface area contributed by atoms with E-state index < -0.39 is 0 Å². The van der Waals surface area contributed by atoms with Crippen molar-refractivity contribution in [2.24, 2.45) is 0 Å². The number of hydrogen-bond acceptors (Lipinski definition) is 3. The Kier molecular flexibility index (Phi) is 4.60. The smallest absolute Gasteiger partial charge is 0.254 e. The first-order valence-electron chi connectivity index (χ1n) is 8.03. The normalized spacial score (nSPS) is 17.3. The number of pyridine rings is 1. The summed E-state index contributed by atoms with van der Waals surface area (Å²) >= 11 is 0. The molecule has 0 bridgehead atoms. The van der Waals surface area contributed by atoms with Gasteiger partial charge in [-0.2, -0.15) is 0 Å². The van der Waals surface area contributed by atoms with Gasteiger partial charge >= 0.3 is 0 Å². The van der Waals surface area contributed by atoms with Crippen molar-refractivity contribution in [3.8, 4) is 5.75 Å². The number of nitrogens with zero attached hydrogens (tertiary/aromatic N) is 2. The molecule has 0 spiro atoms. The fraction of sp³-hybridized carbons (Fsp3) is 0.368. The van der Waals surface area contributed by atoms with E-state index in [-0.39, 0.29) is 11.9 Å². The molecular formula is C19H22N2O2. The summed E-state index contributed by atoms with van der Waals surface area (Å²) in [6.45, 7) is 2.89. The third kappa shape index (κ3) is 3.36. The highest BCUT2D eigenvalue weighted by molar-refractivity contribution is 5.94. The van der Waals surface area contributed by atoms with E-state index in [1.807, 2.05) is 11.0 Å². The number of benzene rings is 1. The SMILES string of the molecule is COc1ccc(CC2CCCN2C(=O)c2ccncc2)cc1C. The van der Waals surface area contributed by atoms with Crippen molar-refractivity contribution in [1.29, 1.82) is 0 Å². The number of ether oxygens (including phenoxy) is 1. The minimum absolute atomic E-state index is 0.111. The zero-order chi connectivity index (χ0) is 16.2. The Morgan fingerprint density at radius 2 is 2.09 bits per heavy atom. The minimum Gasteiger partial charge on any atom is -0.496 e. The maximum atomic E-state index is 12.7. The third-order valence-electron chi connectivity index (χ3n) is 4.50. The van der Waals surface area contributed by atoms with Crippen LogP contribution in [0.25, 0.3) is 0 Å². The Morgan fingerprint density at radius 3 is 2.78 bits per heavy atom. The van der Waals surface area contributed by atoms with E-state index >= 15 is 0 Å². The molecule has 0 aliphatic carbocycles. The van der Waals surface area contributed by atoms with Crippen molar-refractivity contribution >= 4 is 5.91 Å². The van der Waals surface area contributed by atoms with Gasteiger partial charge in [-0.1, -0.05) is 12.1 Å². The summed E-state index contributed by atoms with van der Waals surface area (Å²) in [4.78, 5) is 18.7. The summed E-state index contributed by atoms with van der Waals surface area (Å²) in [5.74, 6) is 1.02. The monoisotopic (exact) mass is 310 g/mol. The highest BCUT2D eigenvalue weighted by Gasteiger charge is 2.29. The van der Waals surface area contributed by atoms with Gasteiger partial charge in [0, 0.05) is 30.5 Å². The molecule has 3 rings (SSSR count). The van der Waals surface area contributed by atoms with Crippen molar-refractivity contribution in [2.45, 2.75) is 32.2 Å². The molecule has 120 valence electrons. The summed E-state index contributed by atoms with van der Waals surface area (Å²) in [5, 5.41) is 0. The molecule has 23 heavy (non-hydrogen) atoms. The van der Waals surface area contributed by atoms with Crippen LogP contribution < -0.4 is 4.74 Å². The lowest BCUT2D eigenvalue weighted by molar-refractivity contribution is 0.0736. The molecular weight excluding hydrogens is 288 g/mol. The molecule has 0 saturated carbocycles. The summed E-state index contributed by atoms with van der Waals surface area (Å²) in [7, 11) is 1.69. The van der Waals surface area contributed by atoms with Crippen LogP contribution in [-0.2, 0) is 6.42 Å². The summed E-state index contributed by atoms with van der Waals surface area (Å²) in [5.41, 5.74) is 3.11. The van der Waals surface area contributed by atoms with E-state index in [1.165, 1.54) is 5.56 Å². The van der Waals surface area contributed by atoms with Crippen molar-refractivity contribution < 1.29 is 9.53 Å². The van der Waals surface area contributed by atoms with Gasteiger partial charge < -0.3 is 9.64 Å². The van der Waals surface area contributed by atoms with E-state index in [4.69, 9.17) is 4.74 Å². The predicted molar refractivity (Wildman–Crippen MR) is 89.7 cm³/mol. The number of aryl methyl sites for hydroxylation is 1. The molecule has 4 nitrogen and oxygen atoms in total. The van der Waals surface area contributed by atoms with Crippen LogP contribution in [0.2, 0.25) is 0 Å². The van der Waals surface area contributed by atoms with Crippen LogP contribution in [-0.4, -0.2) is 35.5 Å². The van der Waals surface area contributed by atoms with E-state index in [0.717, 1.165) is 42.7 Å². The molecule has 0 N–H and O–H groups in total. The molecule has 1 aromatic heterocycles. The van der Waals surface area contributed by atoms with Crippen LogP contribution in [0.5, 0.6) is 5.75 Å². The molecule has 1 saturated heterocycles. The Morgan fingerprint density at radius 1 is 1.30 bits per heavy atom. The van der Waals surface area contributed by atoms with Gasteiger partial charge in [-0.15, -0.1) is 0 Å². The number of rotatable bonds is 4. The number of methoxy groups -OCH3 is 1. The largest absolute Gasteiger partial charge is 0.496 e. The lowest BCUT2D eigenvalue weighted by Gasteiger charge is -2.25. The zero-order valence-electron chi connectivity index (χ0n) is 13.7. The average molecular weight is 310 g/mol. The lowest BCUT2D eigenvalue weighted by Crippen LogP contribution is -2.36. The van der Waals surface area contributed by atoms with Crippen LogP contribution in [0.4, 0.5) is 0 Å². The topological polar surface area (TPSA) is 42.4 Å². The van der Waals surface area contributed by atoms with Crippen LogP contribution in [0, 0.1) is 6.92 Å². The van der Waals surface area contributed by atoms with Crippen LogP contribution in [0.1, 0.15) is 34.3 Å². The molecule has 1 amide bonds. The van der Waals surface area contributed by atoms with Gasteiger partial charge in [0.25, 0.3) is 5.91 Å². The fourth-order valence-corrected chi connectivity index (χ4v) is 3.32. The molecule has 2 heterocycles. The Balaban J connectivity index is 1.74. The maximum absolute atomic E-state index is 12.7. The van der Waals surface area contributed by atoms with E-state index in [9.17, 15) is 4.79 Å². The van der Waals surface area contributed by atoms with Crippen LogP contribution in [0.3, 0.4) is 0 Å². The Hall–Kier alpha value is -2.36. The molecule has 4 heteroatoms. The first kappa shape index (κ1) is 15.5. The van der Waals surface area contributed by atoms with Crippen molar-refractivity contribution in [3.63, 3.8) is 0 Å². The van der Waals surface area contributed by atoms with Gasteiger partial charge in [-0.3, -0.25) is 9.78 Å². The van der Waals surface area contributed by atoms with Crippen LogP contribution in [0.15, 0.2) is 42.7 Å². The molecule has 1 atom stereocenters. The van der Waals surface area contributed by atoms with E-state index in [1.54, 1.807) is 31.6 Å². The summed E-state index contributed by atoms with van der Waals surface area (Å²) in [6.07, 6.45) is 6.36. The van der Waals surface area contributed by atoms with Gasteiger partial charge in [0.05, 0.1) is 7.11 Å². The highest BCUT2D eigenvalue weighted by Crippen LogP contribution is 2.25. The number of amides is 1.